The fourth-order valence-corrected chi connectivity index (χ4v) is 4.86. The van der Waals surface area contributed by atoms with Crippen LogP contribution in [0.1, 0.15) is 5.56 Å². The molecule has 0 saturated carbocycles. The van der Waals surface area contributed by atoms with Crippen LogP contribution in [0.15, 0.2) is 36.4 Å². The van der Waals surface area contributed by atoms with Crippen LogP contribution in [-0.4, -0.2) is 60.7 Å². The van der Waals surface area contributed by atoms with Gasteiger partial charge in [0.25, 0.3) is 0 Å². The average Bonchev–Trinajstić information content (AvgIpc) is 3.25. The predicted molar refractivity (Wildman–Crippen MR) is 125 cm³/mol. The van der Waals surface area contributed by atoms with Gasteiger partial charge in [0, 0.05) is 36.9 Å². The van der Waals surface area contributed by atoms with Crippen molar-refractivity contribution in [3.05, 3.63) is 47.0 Å². The smallest absolute Gasteiger partial charge is 0.422 e. The van der Waals surface area contributed by atoms with Crippen molar-refractivity contribution in [3.8, 4) is 5.75 Å². The summed E-state index contributed by atoms with van der Waals surface area (Å²) in [6.07, 6.45) is -9.90. The molecule has 198 valence electrons. The molecule has 0 aliphatic carbocycles. The van der Waals surface area contributed by atoms with Crippen LogP contribution in [0.2, 0.25) is 5.02 Å². The molecule has 0 spiro atoms. The van der Waals surface area contributed by atoms with Crippen LogP contribution in [0.4, 0.5) is 37.2 Å². The van der Waals surface area contributed by atoms with E-state index in [2.05, 4.69) is 15.0 Å². The maximum absolute atomic E-state index is 13.3. The van der Waals surface area contributed by atoms with Gasteiger partial charge >= 0.3 is 24.2 Å². The van der Waals surface area contributed by atoms with Crippen molar-refractivity contribution in [2.45, 2.75) is 12.4 Å². The predicted octanol–water partition coefficient (Wildman–Crippen LogP) is 5.20. The summed E-state index contributed by atoms with van der Waals surface area (Å²) in [7, 11) is 0. The normalized spacial score (nSPS) is 14.7. The highest BCUT2D eigenvalue weighted by molar-refractivity contribution is 7.22. The lowest BCUT2D eigenvalue weighted by molar-refractivity contribution is -0.158. The van der Waals surface area contributed by atoms with Crippen LogP contribution in [-0.2, 0) is 15.8 Å². The van der Waals surface area contributed by atoms with Crippen LogP contribution in [0.3, 0.4) is 0 Å². The lowest BCUT2D eigenvalue weighted by atomic mass is 10.1. The minimum absolute atomic E-state index is 0.168. The molecule has 1 saturated heterocycles. The van der Waals surface area contributed by atoms with Gasteiger partial charge in [-0.1, -0.05) is 22.9 Å². The first-order valence-electron chi connectivity index (χ1n) is 10.6. The van der Waals surface area contributed by atoms with Gasteiger partial charge in [-0.25, -0.2) is 4.98 Å². The summed E-state index contributed by atoms with van der Waals surface area (Å²) >= 11 is 7.43. The van der Waals surface area contributed by atoms with E-state index in [1.54, 1.807) is 18.2 Å². The number of halogens is 7. The topological polar surface area (TPSA) is 74.8 Å². The third-order valence-electron chi connectivity index (χ3n) is 5.31. The molecule has 2 aromatic carbocycles. The van der Waals surface area contributed by atoms with Crippen molar-refractivity contribution in [2.75, 3.05) is 43.0 Å². The van der Waals surface area contributed by atoms with Gasteiger partial charge < -0.3 is 19.9 Å². The summed E-state index contributed by atoms with van der Waals surface area (Å²) in [5.74, 6) is -3.19. The van der Waals surface area contributed by atoms with E-state index in [0.717, 1.165) is 21.4 Å². The van der Waals surface area contributed by atoms with Gasteiger partial charge in [-0.15, -0.1) is 0 Å². The van der Waals surface area contributed by atoms with Gasteiger partial charge in [-0.2, -0.15) is 26.3 Å². The summed E-state index contributed by atoms with van der Waals surface area (Å²) in [6.45, 7) is -0.842. The van der Waals surface area contributed by atoms with Crippen molar-refractivity contribution in [3.63, 3.8) is 0 Å². The van der Waals surface area contributed by atoms with Crippen molar-refractivity contribution in [1.82, 2.24) is 9.88 Å². The SMILES string of the molecule is O=C(Nc1ccc(OCC(F)(F)F)c(C(F)(F)F)c1)C(=O)N1CCN(c2nc3ccc(Cl)cc3s2)CC1. The van der Waals surface area contributed by atoms with Crippen molar-refractivity contribution in [1.29, 1.82) is 0 Å². The quantitative estimate of drug-likeness (QED) is 0.347. The van der Waals surface area contributed by atoms with Gasteiger partial charge in [-0.05, 0) is 36.4 Å². The Bertz CT molecular complexity index is 1320. The minimum atomic E-state index is -5.06. The van der Waals surface area contributed by atoms with E-state index in [9.17, 15) is 35.9 Å². The molecule has 1 N–H and O–H groups in total. The second-order valence-electron chi connectivity index (χ2n) is 7.95. The number of hydrogen-bond acceptors (Lipinski definition) is 6. The Labute approximate surface area is 214 Å². The van der Waals surface area contributed by atoms with Gasteiger partial charge in [0.1, 0.15) is 5.75 Å². The Morgan fingerprint density at radius 2 is 1.73 bits per heavy atom. The molecule has 7 nitrogen and oxygen atoms in total. The largest absolute Gasteiger partial charge is 0.483 e. The summed E-state index contributed by atoms with van der Waals surface area (Å²) in [4.78, 5) is 32.7. The molecule has 0 atom stereocenters. The molecule has 1 aliphatic rings. The number of rotatable bonds is 4. The number of aromatic nitrogens is 1. The Kier molecular flexibility index (Phi) is 7.42. The highest BCUT2D eigenvalue weighted by atomic mass is 35.5. The number of carbonyl (C=O) groups excluding carboxylic acids is 2. The number of piperazine rings is 1. The molecule has 37 heavy (non-hydrogen) atoms. The maximum Gasteiger partial charge on any atom is 0.422 e. The fourth-order valence-electron chi connectivity index (χ4n) is 3.57. The molecular formula is C22H17ClF6N4O3S. The molecule has 2 heterocycles. The molecule has 0 radical (unpaired) electrons. The van der Waals surface area contributed by atoms with Gasteiger partial charge in [-0.3, -0.25) is 9.59 Å². The molecular weight excluding hydrogens is 550 g/mol. The summed E-state index contributed by atoms with van der Waals surface area (Å²) in [5.41, 5.74) is -1.17. The van der Waals surface area contributed by atoms with Crippen LogP contribution in [0.25, 0.3) is 10.2 Å². The molecule has 0 bridgehead atoms. The Morgan fingerprint density at radius 1 is 1.03 bits per heavy atom. The Balaban J connectivity index is 1.38. The van der Waals surface area contributed by atoms with Crippen molar-refractivity contribution >= 4 is 55.8 Å². The molecule has 1 fully saturated rings. The zero-order valence-electron chi connectivity index (χ0n) is 18.6. The Hall–Kier alpha value is -3.26. The number of anilines is 2. The third kappa shape index (κ3) is 6.55. The average molecular weight is 567 g/mol. The van der Waals surface area contributed by atoms with Gasteiger partial charge in [0.2, 0.25) is 0 Å². The number of thiazole rings is 1. The van der Waals surface area contributed by atoms with E-state index < -0.39 is 47.8 Å². The number of hydrogen-bond donors (Lipinski definition) is 1. The van der Waals surface area contributed by atoms with Crippen molar-refractivity contribution < 1.29 is 40.7 Å². The highest BCUT2D eigenvalue weighted by Gasteiger charge is 2.37. The number of fused-ring (bicyclic) bond motifs is 1. The number of carbonyl (C=O) groups is 2. The number of nitrogens with one attached hydrogen (secondary N) is 1. The van der Waals surface area contributed by atoms with Crippen LogP contribution >= 0.6 is 22.9 Å². The van der Waals surface area contributed by atoms with E-state index in [1.165, 1.54) is 16.2 Å². The van der Waals surface area contributed by atoms with E-state index >= 15 is 0 Å². The zero-order valence-corrected chi connectivity index (χ0v) is 20.2. The van der Waals surface area contributed by atoms with Crippen molar-refractivity contribution in [2.24, 2.45) is 0 Å². The highest BCUT2D eigenvalue weighted by Crippen LogP contribution is 2.38. The first-order chi connectivity index (χ1) is 17.3. The number of ether oxygens (including phenoxy) is 1. The van der Waals surface area contributed by atoms with Crippen LogP contribution in [0.5, 0.6) is 5.75 Å². The maximum atomic E-state index is 13.3. The summed E-state index contributed by atoms with van der Waals surface area (Å²) < 4.78 is 82.2. The minimum Gasteiger partial charge on any atom is -0.483 e. The van der Waals surface area contributed by atoms with Crippen LogP contribution < -0.4 is 15.0 Å². The standard InChI is InChI=1S/C22H17ClF6N4O3S/c23-12-1-3-15-17(9-12)37-20(31-15)33-7-5-32(6-8-33)19(35)18(34)30-13-2-4-16(36-11-21(24,25)26)14(10-13)22(27,28)29/h1-4,9-10H,5-8,11H2,(H,30,34). The molecule has 1 aromatic heterocycles. The molecule has 4 rings (SSSR count). The fraction of sp³-hybridized carbons (Fsp3) is 0.318. The third-order valence-corrected chi connectivity index (χ3v) is 6.62. The second kappa shape index (κ2) is 10.2. The number of amides is 2. The monoisotopic (exact) mass is 566 g/mol. The van der Waals surface area contributed by atoms with Gasteiger partial charge in [0.15, 0.2) is 11.7 Å². The first-order valence-corrected chi connectivity index (χ1v) is 11.8. The lowest BCUT2D eigenvalue weighted by Crippen LogP contribution is -2.51. The number of alkyl halides is 6. The summed E-state index contributed by atoms with van der Waals surface area (Å²) in [6, 6.07) is 7.29. The van der Waals surface area contributed by atoms with E-state index in [4.69, 9.17) is 11.6 Å². The number of nitrogens with zero attached hydrogens (tertiary/aromatic N) is 3. The van der Waals surface area contributed by atoms with E-state index in [0.29, 0.717) is 30.2 Å². The molecule has 0 unspecified atom stereocenters. The Morgan fingerprint density at radius 3 is 2.38 bits per heavy atom. The van der Waals surface area contributed by atoms with E-state index in [1.807, 2.05) is 4.90 Å². The summed E-state index contributed by atoms with van der Waals surface area (Å²) in [5, 5.41) is 3.37. The molecule has 15 heteroatoms. The number of benzene rings is 2. The molecule has 1 aliphatic heterocycles. The zero-order chi connectivity index (χ0) is 27.0. The van der Waals surface area contributed by atoms with Crippen LogP contribution in [0, 0.1) is 0 Å². The molecule has 2 amide bonds. The first kappa shape index (κ1) is 26.8. The molecule has 3 aromatic rings. The lowest BCUT2D eigenvalue weighted by Gasteiger charge is -2.34. The second-order valence-corrected chi connectivity index (χ2v) is 9.40. The van der Waals surface area contributed by atoms with Gasteiger partial charge in [0.05, 0.1) is 15.8 Å². The van der Waals surface area contributed by atoms with E-state index in [-0.39, 0.29) is 13.1 Å².